The van der Waals surface area contributed by atoms with Gasteiger partial charge < -0.3 is 10.4 Å². The summed E-state index contributed by atoms with van der Waals surface area (Å²) in [6, 6.07) is 7.97. The minimum Gasteiger partial charge on any atom is -0.392 e. The number of hydrogen-bond acceptors (Lipinski definition) is 4. The smallest absolute Gasteiger partial charge is 0.224 e. The zero-order chi connectivity index (χ0) is 17.1. The molecule has 0 spiro atoms. The molecule has 0 aliphatic carbocycles. The van der Waals surface area contributed by atoms with E-state index in [0.717, 1.165) is 30.8 Å². The van der Waals surface area contributed by atoms with Crippen LogP contribution < -0.4 is 5.32 Å². The van der Waals surface area contributed by atoms with E-state index in [4.69, 9.17) is 5.11 Å². The van der Waals surface area contributed by atoms with E-state index in [9.17, 15) is 4.79 Å². The minimum absolute atomic E-state index is 0.0593. The molecule has 128 valence electrons. The van der Waals surface area contributed by atoms with Gasteiger partial charge in [0.2, 0.25) is 5.91 Å². The van der Waals surface area contributed by atoms with Crippen LogP contribution in [0.4, 0.5) is 0 Å². The van der Waals surface area contributed by atoms with Gasteiger partial charge >= 0.3 is 0 Å². The van der Waals surface area contributed by atoms with Gasteiger partial charge in [-0.3, -0.25) is 14.4 Å². The third-order valence-electron chi connectivity index (χ3n) is 4.74. The third kappa shape index (κ3) is 3.49. The van der Waals surface area contributed by atoms with Crippen LogP contribution in [0.1, 0.15) is 22.6 Å². The van der Waals surface area contributed by atoms with Crippen LogP contribution in [0.5, 0.6) is 0 Å². The van der Waals surface area contributed by atoms with E-state index in [1.54, 1.807) is 11.7 Å². The van der Waals surface area contributed by atoms with Crippen molar-refractivity contribution in [2.45, 2.75) is 19.1 Å². The van der Waals surface area contributed by atoms with Crippen molar-refractivity contribution in [3.05, 3.63) is 53.3 Å². The van der Waals surface area contributed by atoms with E-state index < -0.39 is 0 Å². The Bertz CT molecular complexity index is 695. The second kappa shape index (κ2) is 7.15. The number of likely N-dealkylation sites (tertiary alicyclic amines) is 1. The maximum atomic E-state index is 12.3. The summed E-state index contributed by atoms with van der Waals surface area (Å²) in [5.74, 6) is 0.188. The van der Waals surface area contributed by atoms with Gasteiger partial charge in [0.05, 0.1) is 18.7 Å². The van der Waals surface area contributed by atoms with Crippen LogP contribution >= 0.6 is 0 Å². The Morgan fingerprint density at radius 1 is 1.29 bits per heavy atom. The number of hydrogen-bond donors (Lipinski definition) is 2. The molecule has 0 unspecified atom stereocenters. The highest BCUT2D eigenvalue weighted by Gasteiger charge is 2.38. The highest BCUT2D eigenvalue weighted by Crippen LogP contribution is 2.33. The van der Waals surface area contributed by atoms with Crippen LogP contribution in [-0.2, 0) is 25.0 Å². The molecule has 0 bridgehead atoms. The molecule has 2 heterocycles. The fraction of sp³-hybridized carbons (Fsp3) is 0.444. The number of carbonyl (C=O) groups excluding carboxylic acids is 1. The second-order valence-electron chi connectivity index (χ2n) is 6.44. The van der Waals surface area contributed by atoms with E-state index in [1.165, 1.54) is 5.56 Å². The number of aliphatic hydroxyl groups is 1. The monoisotopic (exact) mass is 328 g/mol. The SMILES string of the molecule is CNC(=O)[C@H]1CN(Cc2ccc(CO)cc2)C[C@@H]1c1cnn(C)c1. The lowest BCUT2D eigenvalue weighted by molar-refractivity contribution is -0.124. The van der Waals surface area contributed by atoms with Gasteiger partial charge in [-0.25, -0.2) is 0 Å². The first-order valence-corrected chi connectivity index (χ1v) is 8.22. The summed E-state index contributed by atoms with van der Waals surface area (Å²) in [6.07, 6.45) is 3.86. The summed E-state index contributed by atoms with van der Waals surface area (Å²) < 4.78 is 1.78. The van der Waals surface area contributed by atoms with Gasteiger partial charge in [0, 0.05) is 45.8 Å². The largest absolute Gasteiger partial charge is 0.392 e. The van der Waals surface area contributed by atoms with E-state index in [0.29, 0.717) is 0 Å². The standard InChI is InChI=1S/C18H24N4O2/c1-19-18(24)17-11-22(8-13-3-5-14(12-23)6-4-13)10-16(17)15-7-20-21(2)9-15/h3-7,9,16-17,23H,8,10-12H2,1-2H3,(H,19,24)/t16-,17+/m1/s1. The molecule has 1 saturated heterocycles. The predicted octanol–water partition coefficient (Wildman–Crippen LogP) is 0.874. The number of rotatable bonds is 5. The molecule has 2 N–H and O–H groups in total. The van der Waals surface area contributed by atoms with Gasteiger partial charge in [-0.1, -0.05) is 24.3 Å². The van der Waals surface area contributed by atoms with Crippen molar-refractivity contribution in [2.24, 2.45) is 13.0 Å². The third-order valence-corrected chi connectivity index (χ3v) is 4.74. The summed E-state index contributed by atoms with van der Waals surface area (Å²) in [4.78, 5) is 14.6. The van der Waals surface area contributed by atoms with Gasteiger partial charge in [-0.05, 0) is 16.7 Å². The van der Waals surface area contributed by atoms with Crippen LogP contribution in [0.25, 0.3) is 0 Å². The molecule has 1 aliphatic heterocycles. The highest BCUT2D eigenvalue weighted by molar-refractivity contribution is 5.80. The molecule has 24 heavy (non-hydrogen) atoms. The molecule has 3 rings (SSSR count). The Kier molecular flexibility index (Phi) is 4.97. The van der Waals surface area contributed by atoms with Crippen LogP contribution in [0.15, 0.2) is 36.7 Å². The molecule has 2 aromatic rings. The summed E-state index contributed by atoms with van der Waals surface area (Å²) in [5.41, 5.74) is 3.22. The molecule has 1 fully saturated rings. The van der Waals surface area contributed by atoms with Crippen molar-refractivity contribution >= 4 is 5.91 Å². The van der Waals surface area contributed by atoms with Crippen molar-refractivity contribution in [3.63, 3.8) is 0 Å². The van der Waals surface area contributed by atoms with Crippen LogP contribution in [-0.4, -0.2) is 45.8 Å². The van der Waals surface area contributed by atoms with E-state index in [2.05, 4.69) is 15.3 Å². The molecule has 0 radical (unpaired) electrons. The molecule has 6 nitrogen and oxygen atoms in total. The van der Waals surface area contributed by atoms with Gasteiger partial charge in [0.25, 0.3) is 0 Å². The number of benzene rings is 1. The van der Waals surface area contributed by atoms with Crippen molar-refractivity contribution in [2.75, 3.05) is 20.1 Å². The lowest BCUT2D eigenvalue weighted by Gasteiger charge is -2.15. The Labute approximate surface area is 142 Å². The number of amides is 1. The number of nitrogens with one attached hydrogen (secondary N) is 1. The maximum absolute atomic E-state index is 12.3. The molecule has 1 aromatic carbocycles. The summed E-state index contributed by atoms with van der Waals surface area (Å²) in [7, 11) is 3.59. The Morgan fingerprint density at radius 3 is 2.58 bits per heavy atom. The summed E-state index contributed by atoms with van der Waals surface area (Å²) in [6.45, 7) is 2.44. The molecule has 1 aromatic heterocycles. The van der Waals surface area contributed by atoms with Crippen molar-refractivity contribution in [1.29, 1.82) is 0 Å². The maximum Gasteiger partial charge on any atom is 0.224 e. The zero-order valence-electron chi connectivity index (χ0n) is 14.1. The lowest BCUT2D eigenvalue weighted by atomic mass is 9.90. The van der Waals surface area contributed by atoms with Crippen molar-refractivity contribution in [3.8, 4) is 0 Å². The summed E-state index contributed by atoms with van der Waals surface area (Å²) >= 11 is 0. The highest BCUT2D eigenvalue weighted by atomic mass is 16.3. The average Bonchev–Trinajstić information content (AvgIpc) is 3.21. The Hall–Kier alpha value is -2.18. The number of nitrogens with zero attached hydrogens (tertiary/aromatic N) is 3. The van der Waals surface area contributed by atoms with Crippen molar-refractivity contribution < 1.29 is 9.90 Å². The Balaban J connectivity index is 1.74. The van der Waals surface area contributed by atoms with Gasteiger partial charge in [0.15, 0.2) is 0 Å². The fourth-order valence-corrected chi connectivity index (χ4v) is 3.44. The molecule has 1 amide bonds. The first kappa shape index (κ1) is 16.7. The Morgan fingerprint density at radius 2 is 2.00 bits per heavy atom. The molecule has 1 aliphatic rings. The zero-order valence-corrected chi connectivity index (χ0v) is 14.1. The predicted molar refractivity (Wildman–Crippen MR) is 91.1 cm³/mol. The van der Waals surface area contributed by atoms with E-state index >= 15 is 0 Å². The van der Waals surface area contributed by atoms with Crippen LogP contribution in [0.3, 0.4) is 0 Å². The quantitative estimate of drug-likeness (QED) is 0.855. The number of aryl methyl sites for hydroxylation is 1. The molecule has 6 heteroatoms. The molecule has 2 atom stereocenters. The normalized spacial score (nSPS) is 21.1. The number of aromatic nitrogens is 2. The minimum atomic E-state index is -0.0593. The molecule has 0 saturated carbocycles. The fourth-order valence-electron chi connectivity index (χ4n) is 3.44. The average molecular weight is 328 g/mol. The number of carbonyl (C=O) groups is 1. The van der Waals surface area contributed by atoms with Gasteiger partial charge in [-0.15, -0.1) is 0 Å². The van der Waals surface area contributed by atoms with Gasteiger partial charge in [-0.2, -0.15) is 5.10 Å². The van der Waals surface area contributed by atoms with Gasteiger partial charge in [0.1, 0.15) is 0 Å². The number of aliphatic hydroxyl groups excluding tert-OH is 1. The lowest BCUT2D eigenvalue weighted by Crippen LogP contribution is -2.32. The first-order valence-electron chi connectivity index (χ1n) is 8.22. The molecular formula is C18H24N4O2. The van der Waals surface area contributed by atoms with Crippen LogP contribution in [0.2, 0.25) is 0 Å². The van der Waals surface area contributed by atoms with E-state index in [1.807, 2.05) is 43.7 Å². The van der Waals surface area contributed by atoms with E-state index in [-0.39, 0.29) is 24.3 Å². The second-order valence-corrected chi connectivity index (χ2v) is 6.44. The van der Waals surface area contributed by atoms with Crippen LogP contribution in [0, 0.1) is 5.92 Å². The van der Waals surface area contributed by atoms with Crippen molar-refractivity contribution in [1.82, 2.24) is 20.0 Å². The molecular weight excluding hydrogens is 304 g/mol. The summed E-state index contributed by atoms with van der Waals surface area (Å²) in [5, 5.41) is 16.2. The first-order chi connectivity index (χ1) is 11.6. The topological polar surface area (TPSA) is 70.4 Å².